The minimum absolute atomic E-state index is 0.0173. The summed E-state index contributed by atoms with van der Waals surface area (Å²) in [5, 5.41) is 15.4. The maximum absolute atomic E-state index is 12.6. The fourth-order valence-electron chi connectivity index (χ4n) is 6.87. The second kappa shape index (κ2) is 18.1. The number of nitrogens with two attached hydrogens (primary N) is 1. The molecule has 2 saturated heterocycles. The topological polar surface area (TPSA) is 126 Å². The summed E-state index contributed by atoms with van der Waals surface area (Å²) in [5.74, 6) is -0.150. The quantitative estimate of drug-likeness (QED) is 0.0810. The van der Waals surface area contributed by atoms with E-state index in [4.69, 9.17) is 15.2 Å². The maximum atomic E-state index is 12.6. The Hall–Kier alpha value is -4.54. The van der Waals surface area contributed by atoms with Gasteiger partial charge in [0.1, 0.15) is 0 Å². The van der Waals surface area contributed by atoms with E-state index in [1.165, 1.54) is 19.3 Å². The number of benzene rings is 4. The summed E-state index contributed by atoms with van der Waals surface area (Å²) in [7, 11) is 0. The standard InChI is InChI=1S/C42H50N4O5/c43-37-14-2-3-15-38(37)45-41(49)17-5-4-16-40(48)44-27-31-10-8-11-33(24-31)34-12-9-13-35(25-34)42-50-36(28-46-22-6-1-7-23-46)26-39(51-42)32-20-18-30(29-47)19-21-32/h2-3,8-15,18-21,24-25,36,39,42,47H,1,4-7,16-17,22-23,26-29,43H2,(H,44,48)(H,45,49)/t36-,39+,42+/m1/s1. The third-order valence-corrected chi connectivity index (χ3v) is 9.73. The van der Waals surface area contributed by atoms with E-state index in [-0.39, 0.29) is 30.6 Å². The number of carbonyl (C=O) groups excluding carboxylic acids is 2. The van der Waals surface area contributed by atoms with E-state index in [9.17, 15) is 14.7 Å². The van der Waals surface area contributed by atoms with Gasteiger partial charge in [-0.1, -0.05) is 79.2 Å². The molecular weight excluding hydrogens is 640 g/mol. The van der Waals surface area contributed by atoms with E-state index in [1.807, 2.05) is 42.5 Å². The van der Waals surface area contributed by atoms with Crippen LogP contribution in [0.3, 0.4) is 0 Å². The molecule has 0 aliphatic carbocycles. The molecule has 2 fully saturated rings. The molecule has 268 valence electrons. The zero-order chi connectivity index (χ0) is 35.4. The highest BCUT2D eigenvalue weighted by atomic mass is 16.7. The lowest BCUT2D eigenvalue weighted by Gasteiger charge is -2.39. The van der Waals surface area contributed by atoms with Crippen LogP contribution in [0.1, 0.15) is 86.0 Å². The number of aliphatic hydroxyl groups excluding tert-OH is 1. The number of nitrogens with zero attached hydrogens (tertiary/aromatic N) is 1. The number of nitrogens with one attached hydrogen (secondary N) is 2. The molecule has 0 radical (unpaired) electrons. The van der Waals surface area contributed by atoms with Crippen LogP contribution in [0.4, 0.5) is 11.4 Å². The number of anilines is 2. The lowest BCUT2D eigenvalue weighted by Crippen LogP contribution is -2.41. The fraction of sp³-hybridized carbons (Fsp3) is 0.381. The average Bonchev–Trinajstić information content (AvgIpc) is 3.17. The van der Waals surface area contributed by atoms with Crippen molar-refractivity contribution < 1.29 is 24.2 Å². The minimum atomic E-state index is -0.513. The first kappa shape index (κ1) is 36.3. The number of rotatable bonds is 14. The van der Waals surface area contributed by atoms with E-state index in [0.717, 1.165) is 59.4 Å². The molecule has 0 aromatic heterocycles. The second-order valence-electron chi connectivity index (χ2n) is 13.7. The van der Waals surface area contributed by atoms with Crippen LogP contribution in [0.5, 0.6) is 0 Å². The minimum Gasteiger partial charge on any atom is -0.397 e. The SMILES string of the molecule is Nc1ccccc1NC(=O)CCCCC(=O)NCc1cccc(-c2cccc([C@H]3O[C@@H](CN4CCCCC4)C[C@@H](c4ccc(CO)cc4)O3)c2)c1. The first-order chi connectivity index (χ1) is 24.9. The van der Waals surface area contributed by atoms with Gasteiger partial charge in [-0.25, -0.2) is 0 Å². The van der Waals surface area contributed by atoms with Crippen LogP contribution >= 0.6 is 0 Å². The molecule has 2 aliphatic rings. The van der Waals surface area contributed by atoms with Crippen LogP contribution in [0.2, 0.25) is 0 Å². The Morgan fingerprint density at radius 1 is 0.765 bits per heavy atom. The second-order valence-corrected chi connectivity index (χ2v) is 13.7. The lowest BCUT2D eigenvalue weighted by atomic mass is 9.98. The molecule has 3 atom stereocenters. The number of nitrogen functional groups attached to an aromatic ring is 1. The van der Waals surface area contributed by atoms with E-state index < -0.39 is 6.29 Å². The molecule has 2 aliphatic heterocycles. The van der Waals surface area contributed by atoms with Crippen molar-refractivity contribution in [2.45, 2.75) is 83.0 Å². The monoisotopic (exact) mass is 690 g/mol. The molecule has 51 heavy (non-hydrogen) atoms. The van der Waals surface area contributed by atoms with Gasteiger partial charge in [-0.2, -0.15) is 0 Å². The summed E-state index contributed by atoms with van der Waals surface area (Å²) in [6.45, 7) is 3.54. The van der Waals surface area contributed by atoms with Crippen molar-refractivity contribution in [3.05, 3.63) is 119 Å². The molecule has 9 nitrogen and oxygen atoms in total. The number of carbonyl (C=O) groups is 2. The van der Waals surface area contributed by atoms with Gasteiger partial charge in [-0.15, -0.1) is 0 Å². The smallest absolute Gasteiger partial charge is 0.224 e. The van der Waals surface area contributed by atoms with Crippen molar-refractivity contribution in [1.29, 1.82) is 0 Å². The number of hydrogen-bond donors (Lipinski definition) is 4. The predicted octanol–water partition coefficient (Wildman–Crippen LogP) is 7.27. The first-order valence-electron chi connectivity index (χ1n) is 18.3. The van der Waals surface area contributed by atoms with E-state index in [0.29, 0.717) is 43.6 Å². The van der Waals surface area contributed by atoms with Gasteiger partial charge >= 0.3 is 0 Å². The molecule has 9 heteroatoms. The first-order valence-corrected chi connectivity index (χ1v) is 18.3. The van der Waals surface area contributed by atoms with Gasteiger partial charge in [0, 0.05) is 37.9 Å². The van der Waals surface area contributed by atoms with Crippen molar-refractivity contribution in [3.8, 4) is 11.1 Å². The third-order valence-electron chi connectivity index (χ3n) is 9.73. The summed E-state index contributed by atoms with van der Waals surface area (Å²) >= 11 is 0. The van der Waals surface area contributed by atoms with Gasteiger partial charge in [0.05, 0.1) is 30.2 Å². The molecule has 2 amide bonds. The lowest BCUT2D eigenvalue weighted by molar-refractivity contribution is -0.253. The zero-order valence-corrected chi connectivity index (χ0v) is 29.3. The maximum Gasteiger partial charge on any atom is 0.224 e. The van der Waals surface area contributed by atoms with Crippen LogP contribution in [0, 0.1) is 0 Å². The van der Waals surface area contributed by atoms with E-state index in [2.05, 4.69) is 58.0 Å². The van der Waals surface area contributed by atoms with Crippen LogP contribution in [-0.4, -0.2) is 47.6 Å². The number of hydrogen-bond acceptors (Lipinski definition) is 7. The Bertz CT molecular complexity index is 1740. The molecular formula is C42H50N4O5. The zero-order valence-electron chi connectivity index (χ0n) is 29.3. The number of aliphatic hydroxyl groups is 1. The summed E-state index contributed by atoms with van der Waals surface area (Å²) in [6.07, 6.45) is 5.86. The fourth-order valence-corrected chi connectivity index (χ4v) is 6.87. The van der Waals surface area contributed by atoms with Crippen LogP contribution in [-0.2, 0) is 32.2 Å². The van der Waals surface area contributed by atoms with Crippen molar-refractivity contribution >= 4 is 23.2 Å². The predicted molar refractivity (Wildman–Crippen MR) is 200 cm³/mol. The normalized spacial score (nSPS) is 19.4. The molecule has 4 aromatic rings. The van der Waals surface area contributed by atoms with Crippen molar-refractivity contribution in [1.82, 2.24) is 10.2 Å². The summed E-state index contributed by atoms with van der Waals surface area (Å²) in [6, 6.07) is 31.7. The highest BCUT2D eigenvalue weighted by molar-refractivity contribution is 5.93. The summed E-state index contributed by atoms with van der Waals surface area (Å²) in [4.78, 5) is 27.4. The Morgan fingerprint density at radius 3 is 2.25 bits per heavy atom. The Morgan fingerprint density at radius 2 is 1.49 bits per heavy atom. The highest BCUT2D eigenvalue weighted by Gasteiger charge is 2.33. The number of para-hydroxylation sites is 2. The van der Waals surface area contributed by atoms with Gasteiger partial charge in [0.15, 0.2) is 6.29 Å². The largest absolute Gasteiger partial charge is 0.397 e. The highest BCUT2D eigenvalue weighted by Crippen LogP contribution is 2.39. The van der Waals surface area contributed by atoms with Gasteiger partial charge in [0.25, 0.3) is 0 Å². The molecule has 4 aromatic carbocycles. The number of unbranched alkanes of at least 4 members (excludes halogenated alkanes) is 1. The Balaban J connectivity index is 1.04. The average molecular weight is 691 g/mol. The molecule has 0 saturated carbocycles. The Kier molecular flexibility index (Phi) is 12.9. The molecule has 0 bridgehead atoms. The van der Waals surface area contributed by atoms with Gasteiger partial charge in [0.2, 0.25) is 11.8 Å². The summed E-state index contributed by atoms with van der Waals surface area (Å²) in [5.41, 5.74) is 13.1. The third kappa shape index (κ3) is 10.5. The Labute approximate surface area is 301 Å². The number of ether oxygens (including phenoxy) is 2. The van der Waals surface area contributed by atoms with Crippen molar-refractivity contribution in [3.63, 3.8) is 0 Å². The van der Waals surface area contributed by atoms with Crippen LogP contribution in [0.15, 0.2) is 97.1 Å². The number of likely N-dealkylation sites (tertiary alicyclic amines) is 1. The van der Waals surface area contributed by atoms with Crippen LogP contribution in [0.25, 0.3) is 11.1 Å². The van der Waals surface area contributed by atoms with E-state index in [1.54, 1.807) is 12.1 Å². The van der Waals surface area contributed by atoms with Crippen LogP contribution < -0.4 is 16.4 Å². The van der Waals surface area contributed by atoms with Gasteiger partial charge in [-0.05, 0) is 90.9 Å². The molecule has 6 rings (SSSR count). The van der Waals surface area contributed by atoms with Gasteiger partial charge < -0.3 is 35.8 Å². The van der Waals surface area contributed by atoms with Gasteiger partial charge in [-0.3, -0.25) is 9.59 Å². The van der Waals surface area contributed by atoms with Crippen molar-refractivity contribution in [2.75, 3.05) is 30.7 Å². The van der Waals surface area contributed by atoms with E-state index >= 15 is 0 Å². The molecule has 0 spiro atoms. The number of amides is 2. The molecule has 0 unspecified atom stereocenters. The number of piperidine rings is 1. The molecule has 2 heterocycles. The molecule has 5 N–H and O–H groups in total. The van der Waals surface area contributed by atoms with Crippen molar-refractivity contribution in [2.24, 2.45) is 0 Å². The summed E-state index contributed by atoms with van der Waals surface area (Å²) < 4.78 is 13.3.